The second kappa shape index (κ2) is 10.3. The molecular weight excluding hydrogens is 472 g/mol. The average molecular weight is 495 g/mol. The Labute approximate surface area is 204 Å². The van der Waals surface area contributed by atoms with Gasteiger partial charge in [0, 0.05) is 34.9 Å². The minimum Gasteiger partial charge on any atom is -0.842 e. The molecule has 0 bridgehead atoms. The number of rotatable bonds is 6. The van der Waals surface area contributed by atoms with E-state index in [1.807, 2.05) is 13.8 Å². The van der Waals surface area contributed by atoms with Crippen LogP contribution in [0.25, 0.3) is 16.8 Å². The molecule has 0 aliphatic rings. The first-order valence-electron chi connectivity index (χ1n) is 10.8. The number of halogens is 1. The third kappa shape index (κ3) is 4.78. The Bertz CT molecular complexity index is 1460. The summed E-state index contributed by atoms with van der Waals surface area (Å²) >= 11 is 5.90. The van der Waals surface area contributed by atoms with Crippen LogP contribution in [0.2, 0.25) is 5.15 Å². The number of carbonyl (C=O) groups is 1. The van der Waals surface area contributed by atoms with Crippen LogP contribution in [0.1, 0.15) is 29.8 Å². The Balaban J connectivity index is 1.88. The molecule has 4 rings (SSSR count). The van der Waals surface area contributed by atoms with E-state index in [9.17, 15) is 14.7 Å². The number of carbonyl (C=O) groups excluding carboxylic acids is 1. The van der Waals surface area contributed by atoms with Crippen LogP contribution in [0.4, 0.5) is 0 Å². The molecule has 0 atom stereocenters. The van der Waals surface area contributed by atoms with E-state index in [1.54, 1.807) is 67.0 Å². The maximum Gasteiger partial charge on any atom is 0.349 e. The van der Waals surface area contributed by atoms with Gasteiger partial charge in [-0.1, -0.05) is 60.4 Å². The van der Waals surface area contributed by atoms with Crippen molar-refractivity contribution >= 4 is 33.8 Å². The summed E-state index contributed by atoms with van der Waals surface area (Å²) in [7, 11) is -0.347. The number of hydrogen-bond acceptors (Lipinski definition) is 4. The lowest BCUT2D eigenvalue weighted by Crippen LogP contribution is -2.44. The van der Waals surface area contributed by atoms with Crippen molar-refractivity contribution < 1.29 is 14.5 Å². The van der Waals surface area contributed by atoms with Gasteiger partial charge in [0.15, 0.2) is 0 Å². The van der Waals surface area contributed by atoms with E-state index in [0.717, 1.165) is 17.1 Å². The molecule has 0 N–H and O–H groups in total. The van der Waals surface area contributed by atoms with Gasteiger partial charge >= 0.3 is 5.56 Å². The fourth-order valence-electron chi connectivity index (χ4n) is 3.67. The first kappa shape index (κ1) is 23.8. The lowest BCUT2D eigenvalue weighted by atomic mass is 10.0. The molecule has 1 aromatic carbocycles. The number of benzene rings is 1. The summed E-state index contributed by atoms with van der Waals surface area (Å²) in [6, 6.07) is 15.2. The third-order valence-corrected chi connectivity index (χ3v) is 7.39. The molecule has 0 aliphatic carbocycles. The van der Waals surface area contributed by atoms with E-state index >= 15 is 0 Å². The summed E-state index contributed by atoms with van der Waals surface area (Å²) in [5.74, 6) is 0.785. The maximum atomic E-state index is 13.6. The Hall–Kier alpha value is -3.36. The molecule has 0 saturated carbocycles. The molecule has 0 aliphatic heterocycles. The zero-order chi connectivity index (χ0) is 24.2. The summed E-state index contributed by atoms with van der Waals surface area (Å²) in [5, 5.41) is 14.0. The average Bonchev–Trinajstić information content (AvgIpc) is 2.86. The van der Waals surface area contributed by atoms with Crippen molar-refractivity contribution in [2.24, 2.45) is 4.36 Å². The molecule has 0 saturated heterocycles. The van der Waals surface area contributed by atoms with Crippen LogP contribution in [0.3, 0.4) is 0 Å². The SMILES string of the molecule is CCS(CC)=NC(=O)c1cccc(-c2c([O-])[n+](Cc3ccc(Cl)nc3)c3ccccn3c2=O)c1. The van der Waals surface area contributed by atoms with Gasteiger partial charge in [0.25, 0.3) is 11.6 Å². The Kier molecular flexibility index (Phi) is 7.19. The van der Waals surface area contributed by atoms with E-state index in [2.05, 4.69) is 9.35 Å². The van der Waals surface area contributed by atoms with Gasteiger partial charge in [-0.2, -0.15) is 8.76 Å². The topological polar surface area (TPSA) is 90.7 Å². The number of amides is 1. The Morgan fingerprint density at radius 1 is 1.15 bits per heavy atom. The van der Waals surface area contributed by atoms with Crippen molar-refractivity contribution in [3.05, 3.63) is 93.6 Å². The lowest BCUT2D eigenvalue weighted by Gasteiger charge is -2.17. The zero-order valence-corrected chi connectivity index (χ0v) is 20.3. The van der Waals surface area contributed by atoms with Gasteiger partial charge in [0.2, 0.25) is 0 Å². The fourth-order valence-corrected chi connectivity index (χ4v) is 4.79. The van der Waals surface area contributed by atoms with Crippen molar-refractivity contribution in [3.8, 4) is 17.0 Å². The van der Waals surface area contributed by atoms with Gasteiger partial charge in [-0.05, 0) is 29.8 Å². The number of fused-ring (bicyclic) bond motifs is 1. The first-order valence-corrected chi connectivity index (χ1v) is 12.7. The predicted octanol–water partition coefficient (Wildman–Crippen LogP) is 3.41. The summed E-state index contributed by atoms with van der Waals surface area (Å²) in [5.41, 5.74) is 1.48. The second-order valence-electron chi connectivity index (χ2n) is 7.51. The molecule has 9 heteroatoms. The van der Waals surface area contributed by atoms with Gasteiger partial charge in [0.1, 0.15) is 17.3 Å². The van der Waals surface area contributed by atoms with Crippen LogP contribution in [0, 0.1) is 0 Å². The summed E-state index contributed by atoms with van der Waals surface area (Å²) in [6.07, 6.45) is 3.22. The molecule has 0 spiro atoms. The van der Waals surface area contributed by atoms with Crippen molar-refractivity contribution in [3.63, 3.8) is 0 Å². The normalized spacial score (nSPS) is 11.2. The zero-order valence-electron chi connectivity index (χ0n) is 18.8. The minimum atomic E-state index is -0.450. The van der Waals surface area contributed by atoms with E-state index in [4.69, 9.17) is 11.6 Å². The molecule has 0 fully saturated rings. The predicted molar refractivity (Wildman–Crippen MR) is 132 cm³/mol. The van der Waals surface area contributed by atoms with Crippen LogP contribution in [0.15, 0.2) is 76.1 Å². The lowest BCUT2D eigenvalue weighted by molar-refractivity contribution is -0.708. The van der Waals surface area contributed by atoms with Gasteiger partial charge in [-0.15, -0.1) is 0 Å². The van der Waals surface area contributed by atoms with E-state index < -0.39 is 11.4 Å². The Morgan fingerprint density at radius 2 is 1.94 bits per heavy atom. The number of nitrogens with zero attached hydrogens (tertiary/aromatic N) is 4. The highest BCUT2D eigenvalue weighted by Crippen LogP contribution is 2.23. The molecule has 3 aromatic heterocycles. The van der Waals surface area contributed by atoms with Crippen molar-refractivity contribution in [1.29, 1.82) is 0 Å². The molecule has 7 nitrogen and oxygen atoms in total. The smallest absolute Gasteiger partial charge is 0.349 e. The fraction of sp³-hybridized carbons (Fsp3) is 0.200. The summed E-state index contributed by atoms with van der Waals surface area (Å²) in [6.45, 7) is 4.19. The van der Waals surface area contributed by atoms with E-state index in [1.165, 1.54) is 8.97 Å². The third-order valence-electron chi connectivity index (χ3n) is 5.41. The summed E-state index contributed by atoms with van der Waals surface area (Å²) < 4.78 is 7.25. The van der Waals surface area contributed by atoms with E-state index in [0.29, 0.717) is 21.9 Å². The molecule has 0 radical (unpaired) electrons. The van der Waals surface area contributed by atoms with Gasteiger partial charge < -0.3 is 5.11 Å². The van der Waals surface area contributed by atoms with Crippen LogP contribution in [-0.2, 0) is 17.2 Å². The number of aromatic nitrogens is 3. The second-order valence-corrected chi connectivity index (χ2v) is 10.2. The highest BCUT2D eigenvalue weighted by molar-refractivity contribution is 7.87. The van der Waals surface area contributed by atoms with Crippen LogP contribution >= 0.6 is 11.6 Å². The molecule has 1 amide bonds. The summed E-state index contributed by atoms with van der Waals surface area (Å²) in [4.78, 5) is 30.2. The molecule has 34 heavy (non-hydrogen) atoms. The maximum absolute atomic E-state index is 13.6. The molecular formula is C25H23ClN4O3S. The van der Waals surface area contributed by atoms with E-state index in [-0.39, 0.29) is 28.7 Å². The van der Waals surface area contributed by atoms with Gasteiger partial charge in [-0.3, -0.25) is 4.79 Å². The van der Waals surface area contributed by atoms with Crippen LogP contribution in [0.5, 0.6) is 5.88 Å². The van der Waals surface area contributed by atoms with Crippen molar-refractivity contribution in [2.45, 2.75) is 20.4 Å². The molecule has 4 aromatic rings. The first-order chi connectivity index (χ1) is 16.4. The van der Waals surface area contributed by atoms with Crippen molar-refractivity contribution in [1.82, 2.24) is 9.38 Å². The number of pyridine rings is 2. The molecule has 0 unspecified atom stereocenters. The van der Waals surface area contributed by atoms with Crippen LogP contribution < -0.4 is 15.2 Å². The van der Waals surface area contributed by atoms with Crippen LogP contribution in [-0.4, -0.2) is 26.8 Å². The largest absolute Gasteiger partial charge is 0.842 e. The molecule has 3 heterocycles. The Morgan fingerprint density at radius 3 is 2.65 bits per heavy atom. The minimum absolute atomic E-state index is 0.00902. The number of hydrogen-bond donors (Lipinski definition) is 0. The van der Waals surface area contributed by atoms with Gasteiger partial charge in [0.05, 0.1) is 12.1 Å². The highest BCUT2D eigenvalue weighted by Gasteiger charge is 2.21. The van der Waals surface area contributed by atoms with Gasteiger partial charge in [-0.25, -0.2) is 14.3 Å². The quantitative estimate of drug-likeness (QED) is 0.303. The van der Waals surface area contributed by atoms with Crippen molar-refractivity contribution in [2.75, 3.05) is 11.5 Å². The highest BCUT2D eigenvalue weighted by atomic mass is 35.5. The molecule has 174 valence electrons. The standard InChI is InChI=1S/C25H23ClN4O3S/c1-3-34(4-2)28-23(31)19-9-7-8-18(14-19)22-24(32)29-13-6-5-10-21(29)30(25(22)33)16-17-11-12-20(26)27-15-17/h5-15H,3-4,16H2,1-2H3. The monoisotopic (exact) mass is 494 g/mol.